The van der Waals surface area contributed by atoms with Crippen molar-refractivity contribution >= 4 is 22.6 Å². The second-order valence-corrected chi connectivity index (χ2v) is 9.04. The first-order valence-corrected chi connectivity index (χ1v) is 11.7. The molecule has 5 rings (SSSR count). The van der Waals surface area contributed by atoms with E-state index in [0.29, 0.717) is 35.4 Å². The van der Waals surface area contributed by atoms with Crippen LogP contribution < -0.4 is 20.9 Å². The molecule has 0 radical (unpaired) electrons. The van der Waals surface area contributed by atoms with Gasteiger partial charge < -0.3 is 24.4 Å². The van der Waals surface area contributed by atoms with E-state index >= 15 is 0 Å². The summed E-state index contributed by atoms with van der Waals surface area (Å²) in [4.78, 5) is 33.6. The van der Waals surface area contributed by atoms with Crippen LogP contribution in [0, 0.1) is 6.92 Å². The Hall–Kier alpha value is -3.85. The van der Waals surface area contributed by atoms with Crippen LogP contribution in [0.25, 0.3) is 11.0 Å². The topological polar surface area (TPSA) is 109 Å². The second-order valence-electron chi connectivity index (χ2n) is 9.04. The van der Waals surface area contributed by atoms with Crippen molar-refractivity contribution in [2.75, 3.05) is 25.1 Å². The number of fused-ring (bicyclic) bond motifs is 1. The summed E-state index contributed by atoms with van der Waals surface area (Å²) < 4.78 is 13.9. The van der Waals surface area contributed by atoms with E-state index in [4.69, 9.17) is 14.9 Å². The van der Waals surface area contributed by atoms with Crippen molar-refractivity contribution in [2.45, 2.75) is 38.9 Å². The Bertz CT molecular complexity index is 1420. The zero-order valence-electron chi connectivity index (χ0n) is 19.9. The molecule has 3 aromatic heterocycles. The molecule has 0 unspecified atom stereocenters. The summed E-state index contributed by atoms with van der Waals surface area (Å²) in [7, 11) is 1.55. The molecule has 1 saturated heterocycles. The minimum Gasteiger partial charge on any atom is -0.497 e. The van der Waals surface area contributed by atoms with E-state index in [-0.39, 0.29) is 23.9 Å². The van der Waals surface area contributed by atoms with Crippen LogP contribution in [0.1, 0.15) is 34.3 Å². The number of rotatable bonds is 7. The molecule has 4 heterocycles. The molecular formula is C26H29N5O4. The fourth-order valence-electron chi connectivity index (χ4n) is 4.89. The summed E-state index contributed by atoms with van der Waals surface area (Å²) >= 11 is 0. The van der Waals surface area contributed by atoms with E-state index in [2.05, 4.69) is 9.88 Å². The second kappa shape index (κ2) is 9.42. The van der Waals surface area contributed by atoms with Crippen LogP contribution >= 0.6 is 0 Å². The van der Waals surface area contributed by atoms with Gasteiger partial charge in [-0.3, -0.25) is 14.2 Å². The van der Waals surface area contributed by atoms with Gasteiger partial charge in [-0.2, -0.15) is 0 Å². The minimum absolute atomic E-state index is 0.0774. The first-order chi connectivity index (χ1) is 17.0. The molecule has 9 heteroatoms. The Morgan fingerprint density at radius 2 is 2.17 bits per heavy atom. The SMILES string of the molecule is COc1cccc(C(=O)Cn2cnc3c(C)c(N4CCC[C@@H](N)C4)n(Cc4ccoc4)c3c2=O)c1. The van der Waals surface area contributed by atoms with Crippen molar-refractivity contribution in [3.05, 3.63) is 76.2 Å². The number of aryl methyl sites for hydroxylation is 1. The van der Waals surface area contributed by atoms with Crippen molar-refractivity contribution in [3.63, 3.8) is 0 Å². The van der Waals surface area contributed by atoms with Gasteiger partial charge in [0, 0.05) is 35.8 Å². The molecule has 0 aliphatic carbocycles. The summed E-state index contributed by atoms with van der Waals surface area (Å²) in [5.41, 5.74) is 9.48. The molecule has 1 aromatic carbocycles. The Kier molecular flexibility index (Phi) is 6.17. The first kappa shape index (κ1) is 22.9. The highest BCUT2D eigenvalue weighted by Crippen LogP contribution is 2.32. The number of furan rings is 1. The molecule has 2 N–H and O–H groups in total. The monoisotopic (exact) mass is 475 g/mol. The van der Waals surface area contributed by atoms with Gasteiger partial charge in [-0.25, -0.2) is 4.98 Å². The Morgan fingerprint density at radius 1 is 1.31 bits per heavy atom. The van der Waals surface area contributed by atoms with E-state index in [1.807, 2.05) is 17.6 Å². The highest BCUT2D eigenvalue weighted by atomic mass is 16.5. The number of Topliss-reactive ketones (excluding diaryl/α,β-unsaturated/α-hetero) is 1. The third kappa shape index (κ3) is 4.35. The molecular weight excluding hydrogens is 446 g/mol. The average molecular weight is 476 g/mol. The molecule has 1 fully saturated rings. The van der Waals surface area contributed by atoms with E-state index < -0.39 is 0 Å². The van der Waals surface area contributed by atoms with Gasteiger partial charge in [0.15, 0.2) is 5.78 Å². The molecule has 35 heavy (non-hydrogen) atoms. The highest BCUT2D eigenvalue weighted by molar-refractivity contribution is 5.96. The van der Waals surface area contributed by atoms with Gasteiger partial charge in [-0.15, -0.1) is 0 Å². The Morgan fingerprint density at radius 3 is 2.91 bits per heavy atom. The van der Waals surface area contributed by atoms with E-state index in [1.54, 1.807) is 43.9 Å². The smallest absolute Gasteiger partial charge is 0.278 e. The molecule has 1 aliphatic rings. The number of nitrogens with zero attached hydrogens (tertiary/aromatic N) is 4. The standard InChI is InChI=1S/C26H29N5O4/c1-17-23-24(26(33)30(16-28-23)14-22(32)19-5-3-7-21(11-19)34-2)31(12-18-8-10-35-15-18)25(17)29-9-4-6-20(27)13-29/h3,5,7-8,10-11,15-16,20H,4,6,9,12-14,27H2,1-2H3/t20-/m1/s1. The summed E-state index contributed by atoms with van der Waals surface area (Å²) in [6, 6.07) is 8.87. The molecule has 0 amide bonds. The Labute approximate surface area is 202 Å². The lowest BCUT2D eigenvalue weighted by molar-refractivity contribution is 0.0970. The van der Waals surface area contributed by atoms with E-state index in [1.165, 1.54) is 10.9 Å². The summed E-state index contributed by atoms with van der Waals surface area (Å²) in [6.07, 6.45) is 6.72. The predicted molar refractivity (Wildman–Crippen MR) is 133 cm³/mol. The fraction of sp³-hybridized carbons (Fsp3) is 0.346. The molecule has 9 nitrogen and oxygen atoms in total. The molecule has 1 atom stereocenters. The van der Waals surface area contributed by atoms with E-state index in [0.717, 1.165) is 36.3 Å². The summed E-state index contributed by atoms with van der Waals surface area (Å²) in [5, 5.41) is 0. The maximum Gasteiger partial charge on any atom is 0.278 e. The predicted octanol–water partition coefficient (Wildman–Crippen LogP) is 2.97. The number of hydrogen-bond donors (Lipinski definition) is 1. The average Bonchev–Trinajstić information content (AvgIpc) is 3.47. The summed E-state index contributed by atoms with van der Waals surface area (Å²) in [6.45, 7) is 3.90. The fourth-order valence-corrected chi connectivity index (χ4v) is 4.89. The molecule has 4 aromatic rings. The number of aromatic nitrogens is 3. The van der Waals surface area contributed by atoms with Gasteiger partial charge in [0.2, 0.25) is 0 Å². The largest absolute Gasteiger partial charge is 0.497 e. The quantitative estimate of drug-likeness (QED) is 0.409. The molecule has 0 spiro atoms. The third-order valence-corrected chi connectivity index (χ3v) is 6.61. The van der Waals surface area contributed by atoms with Crippen LogP contribution in [0.4, 0.5) is 5.82 Å². The van der Waals surface area contributed by atoms with Crippen molar-refractivity contribution in [1.29, 1.82) is 0 Å². The number of hydrogen-bond acceptors (Lipinski definition) is 7. The first-order valence-electron chi connectivity index (χ1n) is 11.7. The Balaban J connectivity index is 1.60. The van der Waals surface area contributed by atoms with Crippen LogP contribution in [0.2, 0.25) is 0 Å². The maximum atomic E-state index is 13.7. The normalized spacial score (nSPS) is 16.1. The van der Waals surface area contributed by atoms with Crippen molar-refractivity contribution in [3.8, 4) is 5.75 Å². The third-order valence-electron chi connectivity index (χ3n) is 6.61. The number of carbonyl (C=O) groups is 1. The number of nitrogens with two attached hydrogens (primary N) is 1. The van der Waals surface area contributed by atoms with Crippen LogP contribution in [0.3, 0.4) is 0 Å². The van der Waals surface area contributed by atoms with Crippen molar-refractivity contribution in [2.24, 2.45) is 5.73 Å². The van der Waals surface area contributed by atoms with Crippen LogP contribution in [0.15, 0.2) is 58.4 Å². The van der Waals surface area contributed by atoms with Crippen LogP contribution in [-0.2, 0) is 13.1 Å². The van der Waals surface area contributed by atoms with Crippen LogP contribution in [0.5, 0.6) is 5.75 Å². The number of ether oxygens (including phenoxy) is 1. The van der Waals surface area contributed by atoms with Gasteiger partial charge in [-0.05, 0) is 38.0 Å². The number of benzene rings is 1. The number of ketones is 1. The lowest BCUT2D eigenvalue weighted by atomic mass is 10.1. The zero-order chi connectivity index (χ0) is 24.5. The number of methoxy groups -OCH3 is 1. The number of carbonyl (C=O) groups excluding carboxylic acids is 1. The highest BCUT2D eigenvalue weighted by Gasteiger charge is 2.27. The van der Waals surface area contributed by atoms with Gasteiger partial charge in [-0.1, -0.05) is 12.1 Å². The zero-order valence-corrected chi connectivity index (χ0v) is 19.9. The summed E-state index contributed by atoms with van der Waals surface area (Å²) in [5.74, 6) is 1.34. The number of piperidine rings is 1. The number of anilines is 1. The van der Waals surface area contributed by atoms with Gasteiger partial charge in [0.05, 0.1) is 39.1 Å². The molecule has 0 bridgehead atoms. The van der Waals surface area contributed by atoms with E-state index in [9.17, 15) is 9.59 Å². The lowest BCUT2D eigenvalue weighted by Crippen LogP contribution is -2.44. The van der Waals surface area contributed by atoms with Gasteiger partial charge >= 0.3 is 0 Å². The van der Waals surface area contributed by atoms with Crippen molar-refractivity contribution < 1.29 is 13.9 Å². The minimum atomic E-state index is -0.259. The maximum absolute atomic E-state index is 13.7. The molecule has 1 aliphatic heterocycles. The lowest BCUT2D eigenvalue weighted by Gasteiger charge is -2.33. The van der Waals surface area contributed by atoms with Crippen LogP contribution in [-0.4, -0.2) is 46.1 Å². The van der Waals surface area contributed by atoms with Gasteiger partial charge in [0.25, 0.3) is 5.56 Å². The van der Waals surface area contributed by atoms with Crippen molar-refractivity contribution in [1.82, 2.24) is 14.1 Å². The molecule has 182 valence electrons. The molecule has 0 saturated carbocycles. The van der Waals surface area contributed by atoms with Gasteiger partial charge in [0.1, 0.15) is 22.6 Å².